The van der Waals surface area contributed by atoms with Crippen molar-refractivity contribution in [2.24, 2.45) is 0 Å². The molecule has 21 heavy (non-hydrogen) atoms. The highest BCUT2D eigenvalue weighted by atomic mass is 14.2. The van der Waals surface area contributed by atoms with Gasteiger partial charge in [-0.1, -0.05) is 88.1 Å². The number of hydrogen-bond donors (Lipinski definition) is 0. The first-order valence-electron chi connectivity index (χ1n) is 7.97. The fourth-order valence-electron chi connectivity index (χ4n) is 3.13. The van der Waals surface area contributed by atoms with E-state index >= 15 is 0 Å². The Labute approximate surface area is 131 Å². The summed E-state index contributed by atoms with van der Waals surface area (Å²) in [5, 5.41) is 0. The molecule has 0 spiro atoms. The third kappa shape index (κ3) is 3.58. The van der Waals surface area contributed by atoms with E-state index in [9.17, 15) is 0 Å². The van der Waals surface area contributed by atoms with Crippen molar-refractivity contribution in [2.75, 3.05) is 0 Å². The molecule has 0 aliphatic carbocycles. The average molecular weight is 278 g/mol. The maximum Gasteiger partial charge on any atom is 0.140 e. The van der Waals surface area contributed by atoms with E-state index < -0.39 is 0 Å². The molecule has 0 nitrogen and oxygen atoms in total. The Morgan fingerprint density at radius 2 is 1.52 bits per heavy atom. The van der Waals surface area contributed by atoms with Crippen molar-refractivity contribution < 1.29 is 0 Å². The molecule has 0 amide bonds. The molecule has 0 unspecified atom stereocenters. The van der Waals surface area contributed by atoms with Crippen LogP contribution in [0.25, 0.3) is 0 Å². The van der Waals surface area contributed by atoms with Crippen LogP contribution in [0, 0.1) is 0 Å². The van der Waals surface area contributed by atoms with Crippen LogP contribution in [-0.2, 0) is 11.8 Å². The lowest BCUT2D eigenvalue weighted by Gasteiger charge is -2.24. The summed E-state index contributed by atoms with van der Waals surface area (Å²) in [5.41, 5.74) is 7.49. The summed E-state index contributed by atoms with van der Waals surface area (Å²) in [5.74, 6) is 0.586. The normalized spacial score (nSPS) is 11.9. The van der Waals surface area contributed by atoms with Crippen LogP contribution in [-0.4, -0.2) is 7.85 Å². The van der Waals surface area contributed by atoms with E-state index in [1.165, 1.54) is 27.7 Å². The molecule has 0 saturated carbocycles. The van der Waals surface area contributed by atoms with Crippen molar-refractivity contribution in [3.63, 3.8) is 0 Å². The summed E-state index contributed by atoms with van der Waals surface area (Å²) in [6, 6.07) is 15.6. The van der Waals surface area contributed by atoms with Gasteiger partial charge in [0.05, 0.1) is 0 Å². The zero-order chi connectivity index (χ0) is 15.6. The second kappa shape index (κ2) is 6.09. The van der Waals surface area contributed by atoms with Crippen LogP contribution in [0.15, 0.2) is 42.5 Å². The Kier molecular flexibility index (Phi) is 4.61. The summed E-state index contributed by atoms with van der Waals surface area (Å²) < 4.78 is 0. The third-order valence-electron chi connectivity index (χ3n) is 4.32. The van der Waals surface area contributed by atoms with Crippen molar-refractivity contribution in [3.05, 3.63) is 64.7 Å². The predicted molar refractivity (Wildman–Crippen MR) is 96.7 cm³/mol. The summed E-state index contributed by atoms with van der Waals surface area (Å²) in [7, 11) is 2.27. The van der Waals surface area contributed by atoms with Gasteiger partial charge in [-0.05, 0) is 34.4 Å². The molecular weight excluding hydrogens is 251 g/mol. The molecule has 0 aliphatic heterocycles. The van der Waals surface area contributed by atoms with Crippen LogP contribution < -0.4 is 5.46 Å². The molecule has 2 aromatic carbocycles. The Balaban J connectivity index is 2.42. The van der Waals surface area contributed by atoms with Crippen LogP contribution >= 0.6 is 0 Å². The van der Waals surface area contributed by atoms with Gasteiger partial charge in [0.25, 0.3) is 0 Å². The highest BCUT2D eigenvalue weighted by molar-refractivity contribution is 6.34. The highest BCUT2D eigenvalue weighted by Gasteiger charge is 2.18. The van der Waals surface area contributed by atoms with Crippen LogP contribution in [0.3, 0.4) is 0 Å². The number of hydrogen-bond acceptors (Lipinski definition) is 0. The lowest BCUT2D eigenvalue weighted by Crippen LogP contribution is -2.19. The molecule has 2 aromatic rings. The van der Waals surface area contributed by atoms with Gasteiger partial charge in [-0.3, -0.25) is 0 Å². The molecule has 0 radical (unpaired) electrons. The van der Waals surface area contributed by atoms with Gasteiger partial charge in [-0.25, -0.2) is 0 Å². The molecule has 0 saturated heterocycles. The lowest BCUT2D eigenvalue weighted by atomic mass is 9.77. The fraction of sp³-hybridized carbons (Fsp3) is 0.400. The molecule has 110 valence electrons. The second-order valence-corrected chi connectivity index (χ2v) is 7.37. The topological polar surface area (TPSA) is 0 Å². The van der Waals surface area contributed by atoms with E-state index in [1.807, 2.05) is 0 Å². The van der Waals surface area contributed by atoms with Crippen LogP contribution in [0.4, 0.5) is 0 Å². The van der Waals surface area contributed by atoms with Gasteiger partial charge in [0.2, 0.25) is 0 Å². The minimum atomic E-state index is 0.195. The SMILES string of the molecule is Bc1c(Cc2ccccc2C(C)(C)C)cccc1C(C)C. The first-order chi connectivity index (χ1) is 9.80. The number of benzene rings is 2. The minimum Gasteiger partial charge on any atom is -0.0821 e. The average Bonchev–Trinajstić information content (AvgIpc) is 2.40. The van der Waals surface area contributed by atoms with E-state index in [4.69, 9.17) is 0 Å². The molecule has 0 atom stereocenters. The molecule has 0 bridgehead atoms. The number of rotatable bonds is 3. The Morgan fingerprint density at radius 3 is 2.14 bits per heavy atom. The van der Waals surface area contributed by atoms with Crippen molar-refractivity contribution in [3.8, 4) is 0 Å². The van der Waals surface area contributed by atoms with Crippen LogP contribution in [0.5, 0.6) is 0 Å². The van der Waals surface area contributed by atoms with Gasteiger partial charge in [-0.15, -0.1) is 0 Å². The van der Waals surface area contributed by atoms with Gasteiger partial charge in [0.1, 0.15) is 7.85 Å². The zero-order valence-electron chi connectivity index (χ0n) is 14.3. The lowest BCUT2D eigenvalue weighted by molar-refractivity contribution is 0.584. The molecule has 1 heteroatoms. The fourth-order valence-corrected chi connectivity index (χ4v) is 3.13. The van der Waals surface area contributed by atoms with E-state index in [0.717, 1.165) is 6.42 Å². The van der Waals surface area contributed by atoms with Crippen molar-refractivity contribution in [1.29, 1.82) is 0 Å². The summed E-state index contributed by atoms with van der Waals surface area (Å²) in [6.07, 6.45) is 1.03. The largest absolute Gasteiger partial charge is 0.140 e. The Hall–Kier alpha value is -1.50. The van der Waals surface area contributed by atoms with E-state index in [0.29, 0.717) is 5.92 Å². The zero-order valence-corrected chi connectivity index (χ0v) is 14.3. The maximum absolute atomic E-state index is 2.29. The summed E-state index contributed by atoms with van der Waals surface area (Å²) in [4.78, 5) is 0. The van der Waals surface area contributed by atoms with Crippen LogP contribution in [0.2, 0.25) is 0 Å². The quantitative estimate of drug-likeness (QED) is 0.746. The minimum absolute atomic E-state index is 0.195. The van der Waals surface area contributed by atoms with E-state index in [1.54, 1.807) is 0 Å². The summed E-state index contributed by atoms with van der Waals surface area (Å²) in [6.45, 7) is 11.4. The van der Waals surface area contributed by atoms with Crippen molar-refractivity contribution >= 4 is 13.3 Å². The second-order valence-electron chi connectivity index (χ2n) is 7.37. The first-order valence-corrected chi connectivity index (χ1v) is 7.97. The third-order valence-corrected chi connectivity index (χ3v) is 4.32. The van der Waals surface area contributed by atoms with Gasteiger partial charge in [0.15, 0.2) is 0 Å². The maximum atomic E-state index is 2.29. The van der Waals surface area contributed by atoms with Crippen molar-refractivity contribution in [2.45, 2.75) is 52.4 Å². The van der Waals surface area contributed by atoms with Gasteiger partial charge >= 0.3 is 0 Å². The van der Waals surface area contributed by atoms with Gasteiger partial charge in [-0.2, -0.15) is 0 Å². The smallest absolute Gasteiger partial charge is 0.0821 e. The molecular formula is C20H27B. The molecule has 0 N–H and O–H groups in total. The Bertz CT molecular complexity index is 618. The van der Waals surface area contributed by atoms with E-state index in [-0.39, 0.29) is 5.41 Å². The monoisotopic (exact) mass is 278 g/mol. The molecule has 0 aliphatic rings. The molecule has 0 aromatic heterocycles. The van der Waals surface area contributed by atoms with Crippen LogP contribution in [0.1, 0.15) is 62.8 Å². The molecule has 2 rings (SSSR count). The predicted octanol–water partition coefficient (Wildman–Crippen LogP) is 3.96. The standard InChI is InChI=1S/C20H27B/c1-14(2)17-11-8-10-16(19(17)21)13-15-9-6-7-12-18(15)20(3,4)5/h6-12,14H,13,21H2,1-5H3. The Morgan fingerprint density at radius 1 is 0.905 bits per heavy atom. The van der Waals surface area contributed by atoms with Gasteiger partial charge < -0.3 is 0 Å². The summed E-state index contributed by atoms with van der Waals surface area (Å²) >= 11 is 0. The van der Waals surface area contributed by atoms with Crippen molar-refractivity contribution in [1.82, 2.24) is 0 Å². The highest BCUT2D eigenvalue weighted by Crippen LogP contribution is 2.27. The van der Waals surface area contributed by atoms with Gasteiger partial charge in [0, 0.05) is 0 Å². The molecule has 0 fully saturated rings. The molecule has 0 heterocycles. The van der Waals surface area contributed by atoms with E-state index in [2.05, 4.69) is 84.9 Å². The first kappa shape index (κ1) is 15.9.